The maximum Gasteiger partial charge on any atom is 0.246 e. The highest BCUT2D eigenvalue weighted by Crippen LogP contribution is 2.16. The third-order valence-electron chi connectivity index (χ3n) is 2.43. The topological polar surface area (TPSA) is 72.9 Å². The summed E-state index contributed by atoms with van der Waals surface area (Å²) in [4.78, 5) is 11.7. The van der Waals surface area contributed by atoms with Crippen LogP contribution in [0, 0.1) is 6.92 Å². The van der Waals surface area contributed by atoms with Gasteiger partial charge in [0.05, 0.1) is 0 Å². The molecule has 1 heterocycles. The van der Waals surface area contributed by atoms with Crippen molar-refractivity contribution in [2.45, 2.75) is 13.5 Å². The number of benzene rings is 1. The number of nitrogens with one attached hydrogen (secondary N) is 1. The van der Waals surface area contributed by atoms with Gasteiger partial charge in [-0.2, -0.15) is 5.10 Å². The summed E-state index contributed by atoms with van der Waals surface area (Å²) in [7, 11) is 0. The number of rotatable bonds is 3. The Kier molecular flexibility index (Phi) is 3.09. The normalized spacial score (nSPS) is 10.2. The number of amides is 1. The van der Waals surface area contributed by atoms with Crippen LogP contribution in [0.4, 0.5) is 11.4 Å². The van der Waals surface area contributed by atoms with E-state index in [1.807, 2.05) is 19.1 Å². The number of nitrogen functional groups attached to an aromatic ring is 1. The fourth-order valence-corrected chi connectivity index (χ4v) is 1.46. The van der Waals surface area contributed by atoms with E-state index in [1.54, 1.807) is 29.2 Å². The van der Waals surface area contributed by atoms with E-state index in [-0.39, 0.29) is 12.5 Å². The van der Waals surface area contributed by atoms with E-state index in [4.69, 9.17) is 5.73 Å². The van der Waals surface area contributed by atoms with Crippen LogP contribution in [0.3, 0.4) is 0 Å². The Morgan fingerprint density at radius 1 is 1.53 bits per heavy atom. The van der Waals surface area contributed by atoms with Gasteiger partial charge < -0.3 is 11.1 Å². The zero-order chi connectivity index (χ0) is 12.3. The van der Waals surface area contributed by atoms with Gasteiger partial charge in [-0.25, -0.2) is 0 Å². The first-order valence-corrected chi connectivity index (χ1v) is 5.28. The molecule has 0 radical (unpaired) electrons. The van der Waals surface area contributed by atoms with Crippen molar-refractivity contribution in [2.75, 3.05) is 11.1 Å². The SMILES string of the molecule is Cc1ccc(NC(=O)Cn2cccn2)cc1N. The number of anilines is 2. The summed E-state index contributed by atoms with van der Waals surface area (Å²) >= 11 is 0. The minimum Gasteiger partial charge on any atom is -0.398 e. The average molecular weight is 230 g/mol. The smallest absolute Gasteiger partial charge is 0.246 e. The van der Waals surface area contributed by atoms with Crippen molar-refractivity contribution in [3.05, 3.63) is 42.2 Å². The van der Waals surface area contributed by atoms with Crippen molar-refractivity contribution in [2.24, 2.45) is 0 Å². The fraction of sp³-hybridized carbons (Fsp3) is 0.167. The van der Waals surface area contributed by atoms with Crippen LogP contribution in [0.25, 0.3) is 0 Å². The molecular weight excluding hydrogens is 216 g/mol. The lowest BCUT2D eigenvalue weighted by atomic mass is 10.2. The molecule has 0 bridgehead atoms. The van der Waals surface area contributed by atoms with Crippen LogP contribution in [0.5, 0.6) is 0 Å². The van der Waals surface area contributed by atoms with Gasteiger partial charge in [0.2, 0.25) is 5.91 Å². The van der Waals surface area contributed by atoms with Crippen molar-refractivity contribution >= 4 is 17.3 Å². The number of aromatic nitrogens is 2. The molecule has 2 aromatic rings. The van der Waals surface area contributed by atoms with Gasteiger partial charge in [-0.3, -0.25) is 9.48 Å². The van der Waals surface area contributed by atoms with E-state index >= 15 is 0 Å². The number of nitrogens with zero attached hydrogens (tertiary/aromatic N) is 2. The molecule has 1 aromatic heterocycles. The molecule has 0 fully saturated rings. The molecule has 0 unspecified atom stereocenters. The summed E-state index contributed by atoms with van der Waals surface area (Å²) < 4.78 is 1.56. The Morgan fingerprint density at radius 2 is 2.35 bits per heavy atom. The lowest BCUT2D eigenvalue weighted by molar-refractivity contribution is -0.116. The monoisotopic (exact) mass is 230 g/mol. The van der Waals surface area contributed by atoms with Gasteiger partial charge in [0.15, 0.2) is 0 Å². The Balaban J connectivity index is 2.00. The van der Waals surface area contributed by atoms with E-state index in [2.05, 4.69) is 10.4 Å². The molecule has 0 saturated heterocycles. The van der Waals surface area contributed by atoms with Crippen molar-refractivity contribution in [3.8, 4) is 0 Å². The number of hydrogen-bond donors (Lipinski definition) is 2. The fourth-order valence-electron chi connectivity index (χ4n) is 1.46. The minimum atomic E-state index is -0.128. The van der Waals surface area contributed by atoms with Gasteiger partial charge >= 0.3 is 0 Å². The number of aryl methyl sites for hydroxylation is 1. The molecule has 0 spiro atoms. The molecule has 0 aliphatic rings. The average Bonchev–Trinajstić information content (AvgIpc) is 2.76. The quantitative estimate of drug-likeness (QED) is 0.783. The molecule has 5 nitrogen and oxygen atoms in total. The van der Waals surface area contributed by atoms with Gasteiger partial charge in [0, 0.05) is 23.8 Å². The number of nitrogens with two attached hydrogens (primary N) is 1. The molecule has 1 aromatic carbocycles. The van der Waals surface area contributed by atoms with Crippen LogP contribution in [0.1, 0.15) is 5.56 Å². The number of carbonyl (C=O) groups is 1. The lowest BCUT2D eigenvalue weighted by Gasteiger charge is -2.07. The van der Waals surface area contributed by atoms with Gasteiger partial charge in [0.25, 0.3) is 0 Å². The maximum absolute atomic E-state index is 11.7. The van der Waals surface area contributed by atoms with E-state index < -0.39 is 0 Å². The molecule has 0 saturated carbocycles. The molecule has 0 aliphatic carbocycles. The summed E-state index contributed by atoms with van der Waals surface area (Å²) in [6.07, 6.45) is 3.38. The number of hydrogen-bond acceptors (Lipinski definition) is 3. The van der Waals surface area contributed by atoms with E-state index in [0.29, 0.717) is 11.4 Å². The van der Waals surface area contributed by atoms with Crippen molar-refractivity contribution in [3.63, 3.8) is 0 Å². The summed E-state index contributed by atoms with van der Waals surface area (Å²) in [6, 6.07) is 7.22. The van der Waals surface area contributed by atoms with Gasteiger partial charge in [-0.1, -0.05) is 6.07 Å². The zero-order valence-electron chi connectivity index (χ0n) is 9.55. The molecule has 0 aliphatic heterocycles. The van der Waals surface area contributed by atoms with Crippen molar-refractivity contribution in [1.82, 2.24) is 9.78 Å². The van der Waals surface area contributed by atoms with Crippen LogP contribution in [-0.4, -0.2) is 15.7 Å². The first-order valence-electron chi connectivity index (χ1n) is 5.28. The van der Waals surface area contributed by atoms with E-state index in [1.165, 1.54) is 0 Å². The van der Waals surface area contributed by atoms with Crippen molar-refractivity contribution in [1.29, 1.82) is 0 Å². The second-order valence-corrected chi connectivity index (χ2v) is 3.82. The predicted octanol–water partition coefficient (Wildman–Crippen LogP) is 1.41. The molecule has 5 heteroatoms. The lowest BCUT2D eigenvalue weighted by Crippen LogP contribution is -2.19. The van der Waals surface area contributed by atoms with Crippen molar-refractivity contribution < 1.29 is 4.79 Å². The highest BCUT2D eigenvalue weighted by atomic mass is 16.2. The van der Waals surface area contributed by atoms with Gasteiger partial charge in [-0.15, -0.1) is 0 Å². The first kappa shape index (κ1) is 11.2. The Bertz CT molecular complexity index is 519. The zero-order valence-corrected chi connectivity index (χ0v) is 9.55. The molecule has 3 N–H and O–H groups in total. The standard InChI is InChI=1S/C12H14N4O/c1-9-3-4-10(7-11(9)13)15-12(17)8-16-6-2-5-14-16/h2-7H,8,13H2,1H3,(H,15,17). The predicted molar refractivity (Wildman–Crippen MR) is 66.4 cm³/mol. The third kappa shape index (κ3) is 2.84. The summed E-state index contributed by atoms with van der Waals surface area (Å²) in [5.41, 5.74) is 8.13. The Labute approximate surface area is 99.2 Å². The largest absolute Gasteiger partial charge is 0.398 e. The summed E-state index contributed by atoms with van der Waals surface area (Å²) in [6.45, 7) is 2.12. The highest BCUT2D eigenvalue weighted by Gasteiger charge is 2.04. The summed E-state index contributed by atoms with van der Waals surface area (Å²) in [5.74, 6) is -0.128. The molecule has 88 valence electrons. The Morgan fingerprint density at radius 3 is 3.00 bits per heavy atom. The first-order chi connectivity index (χ1) is 8.15. The Hall–Kier alpha value is -2.30. The second-order valence-electron chi connectivity index (χ2n) is 3.82. The van der Waals surface area contributed by atoms with Gasteiger partial charge in [-0.05, 0) is 30.7 Å². The summed E-state index contributed by atoms with van der Waals surface area (Å²) in [5, 5.41) is 6.73. The van der Waals surface area contributed by atoms with Crippen LogP contribution in [-0.2, 0) is 11.3 Å². The van der Waals surface area contributed by atoms with Crippen LogP contribution >= 0.6 is 0 Å². The minimum absolute atomic E-state index is 0.128. The third-order valence-corrected chi connectivity index (χ3v) is 2.43. The molecule has 1 amide bonds. The maximum atomic E-state index is 11.7. The van der Waals surface area contributed by atoms with Crippen LogP contribution < -0.4 is 11.1 Å². The molecular formula is C12H14N4O. The van der Waals surface area contributed by atoms with Crippen LogP contribution in [0.15, 0.2) is 36.7 Å². The number of carbonyl (C=O) groups excluding carboxylic acids is 1. The second kappa shape index (κ2) is 4.69. The highest BCUT2D eigenvalue weighted by molar-refractivity contribution is 5.91. The van der Waals surface area contributed by atoms with Crippen LogP contribution in [0.2, 0.25) is 0 Å². The van der Waals surface area contributed by atoms with Gasteiger partial charge in [0.1, 0.15) is 6.54 Å². The molecule has 2 rings (SSSR count). The van der Waals surface area contributed by atoms with E-state index in [9.17, 15) is 4.79 Å². The molecule has 0 atom stereocenters. The van der Waals surface area contributed by atoms with E-state index in [0.717, 1.165) is 5.56 Å². The molecule has 17 heavy (non-hydrogen) atoms.